The second-order valence-electron chi connectivity index (χ2n) is 6.03. The third kappa shape index (κ3) is 4.97. The van der Waals surface area contributed by atoms with Crippen LogP contribution < -0.4 is 14.8 Å². The Morgan fingerprint density at radius 1 is 1.14 bits per heavy atom. The Balaban J connectivity index is 1.70. The molecule has 9 heteroatoms. The molecule has 2 aromatic carbocycles. The fourth-order valence-corrected chi connectivity index (χ4v) is 2.76. The lowest BCUT2D eigenvalue weighted by atomic mass is 10.2. The first-order chi connectivity index (χ1) is 14.0. The first-order valence-electron chi connectivity index (χ1n) is 8.90. The molecule has 3 aromatic rings. The lowest BCUT2D eigenvalue weighted by molar-refractivity contribution is 0.203. The molecule has 0 aliphatic carbocycles. The van der Waals surface area contributed by atoms with Crippen LogP contribution in [0.5, 0.6) is 11.5 Å². The second-order valence-corrected chi connectivity index (χ2v) is 6.47. The number of carbonyl (C=O) groups excluding carboxylic acids is 1. The van der Waals surface area contributed by atoms with E-state index in [9.17, 15) is 4.79 Å². The maximum absolute atomic E-state index is 12.5. The summed E-state index contributed by atoms with van der Waals surface area (Å²) in [6, 6.07) is 11.9. The van der Waals surface area contributed by atoms with Crippen molar-refractivity contribution < 1.29 is 18.8 Å². The molecule has 0 radical (unpaired) electrons. The van der Waals surface area contributed by atoms with E-state index in [4.69, 9.17) is 25.6 Å². The summed E-state index contributed by atoms with van der Waals surface area (Å²) in [6.45, 7) is 2.51. The van der Waals surface area contributed by atoms with Crippen molar-refractivity contribution in [2.75, 3.05) is 26.1 Å². The maximum Gasteiger partial charge on any atom is 0.322 e. The van der Waals surface area contributed by atoms with Gasteiger partial charge >= 0.3 is 6.03 Å². The van der Waals surface area contributed by atoms with E-state index in [2.05, 4.69) is 15.5 Å². The molecule has 0 saturated carbocycles. The van der Waals surface area contributed by atoms with Crippen molar-refractivity contribution in [2.24, 2.45) is 0 Å². The van der Waals surface area contributed by atoms with Crippen LogP contribution in [0.15, 0.2) is 47.0 Å². The summed E-state index contributed by atoms with van der Waals surface area (Å²) in [4.78, 5) is 18.5. The number of carbonyl (C=O) groups is 1. The zero-order valence-corrected chi connectivity index (χ0v) is 17.1. The summed E-state index contributed by atoms with van der Waals surface area (Å²) in [6.07, 6.45) is 0. The molecule has 1 aromatic heterocycles. The minimum atomic E-state index is -0.277. The number of aromatic nitrogens is 2. The molecule has 3 rings (SSSR count). The number of hydrogen-bond acceptors (Lipinski definition) is 6. The average Bonchev–Trinajstić information content (AvgIpc) is 3.21. The number of benzene rings is 2. The molecule has 0 aliphatic rings. The third-order valence-electron chi connectivity index (χ3n) is 4.20. The van der Waals surface area contributed by atoms with E-state index in [-0.39, 0.29) is 12.6 Å². The van der Waals surface area contributed by atoms with Crippen molar-refractivity contribution in [2.45, 2.75) is 13.5 Å². The highest BCUT2D eigenvalue weighted by Gasteiger charge is 2.18. The molecule has 2 amide bonds. The Kier molecular flexibility index (Phi) is 6.56. The molecule has 0 saturated heterocycles. The lowest BCUT2D eigenvalue weighted by Crippen LogP contribution is -2.34. The van der Waals surface area contributed by atoms with Crippen LogP contribution in [0.25, 0.3) is 11.4 Å². The normalized spacial score (nSPS) is 10.5. The van der Waals surface area contributed by atoms with Gasteiger partial charge in [-0.15, -0.1) is 0 Å². The van der Waals surface area contributed by atoms with Crippen LogP contribution in [0.4, 0.5) is 10.5 Å². The standard InChI is InChI=1S/C20H21ClN4O4/c1-4-25(20(26)22-15-8-6-14(21)7-9-15)12-18-23-19(24-29-18)13-5-10-16(27-2)17(11-13)28-3/h5-11H,4,12H2,1-3H3,(H,22,26). The molecule has 0 unspecified atom stereocenters. The topological polar surface area (TPSA) is 89.7 Å². The quantitative estimate of drug-likeness (QED) is 0.611. The number of nitrogens with zero attached hydrogens (tertiary/aromatic N) is 3. The Labute approximate surface area is 173 Å². The van der Waals surface area contributed by atoms with Crippen molar-refractivity contribution in [3.05, 3.63) is 53.4 Å². The fraction of sp³-hybridized carbons (Fsp3) is 0.250. The van der Waals surface area contributed by atoms with Crippen LogP contribution in [-0.4, -0.2) is 41.8 Å². The molecule has 152 valence electrons. The van der Waals surface area contributed by atoms with Gasteiger partial charge in [-0.1, -0.05) is 16.8 Å². The highest BCUT2D eigenvalue weighted by molar-refractivity contribution is 6.30. The summed E-state index contributed by atoms with van der Waals surface area (Å²) in [5.74, 6) is 1.89. The van der Waals surface area contributed by atoms with Gasteiger partial charge in [0.1, 0.15) is 6.54 Å². The molecular formula is C20H21ClN4O4. The van der Waals surface area contributed by atoms with Crippen LogP contribution in [0.1, 0.15) is 12.8 Å². The Bertz CT molecular complexity index is 975. The van der Waals surface area contributed by atoms with E-state index < -0.39 is 0 Å². The number of urea groups is 1. The van der Waals surface area contributed by atoms with Gasteiger partial charge in [-0.2, -0.15) is 4.98 Å². The number of amides is 2. The van der Waals surface area contributed by atoms with Crippen LogP contribution in [0.3, 0.4) is 0 Å². The smallest absolute Gasteiger partial charge is 0.322 e. The SMILES string of the molecule is CCN(Cc1nc(-c2ccc(OC)c(OC)c2)no1)C(=O)Nc1ccc(Cl)cc1. The average molecular weight is 417 g/mol. The van der Waals surface area contributed by atoms with Gasteiger partial charge in [-0.3, -0.25) is 0 Å². The molecule has 29 heavy (non-hydrogen) atoms. The Morgan fingerprint density at radius 3 is 2.52 bits per heavy atom. The molecule has 0 aliphatic heterocycles. The number of anilines is 1. The number of rotatable bonds is 7. The number of methoxy groups -OCH3 is 2. The largest absolute Gasteiger partial charge is 0.493 e. The van der Waals surface area contributed by atoms with E-state index in [1.54, 1.807) is 61.6 Å². The molecule has 1 heterocycles. The highest BCUT2D eigenvalue weighted by Crippen LogP contribution is 2.31. The van der Waals surface area contributed by atoms with Gasteiger partial charge in [0.25, 0.3) is 0 Å². The van der Waals surface area contributed by atoms with Crippen molar-refractivity contribution >= 4 is 23.3 Å². The number of halogens is 1. The predicted octanol–water partition coefficient (Wildman–Crippen LogP) is 4.46. The van der Waals surface area contributed by atoms with Crippen molar-refractivity contribution in [3.8, 4) is 22.9 Å². The van der Waals surface area contributed by atoms with Crippen LogP contribution in [0, 0.1) is 0 Å². The van der Waals surface area contributed by atoms with Gasteiger partial charge < -0.3 is 24.2 Å². The van der Waals surface area contributed by atoms with Gasteiger partial charge in [0.15, 0.2) is 11.5 Å². The van der Waals surface area contributed by atoms with Crippen molar-refractivity contribution in [3.63, 3.8) is 0 Å². The minimum Gasteiger partial charge on any atom is -0.493 e. The second kappa shape index (κ2) is 9.29. The molecular weight excluding hydrogens is 396 g/mol. The highest BCUT2D eigenvalue weighted by atomic mass is 35.5. The zero-order chi connectivity index (χ0) is 20.8. The Morgan fingerprint density at radius 2 is 1.86 bits per heavy atom. The minimum absolute atomic E-state index is 0.177. The van der Waals surface area contributed by atoms with E-state index in [1.807, 2.05) is 6.92 Å². The van der Waals surface area contributed by atoms with E-state index >= 15 is 0 Å². The summed E-state index contributed by atoms with van der Waals surface area (Å²) < 4.78 is 15.9. The Hall–Kier alpha value is -3.26. The van der Waals surface area contributed by atoms with E-state index in [0.717, 1.165) is 0 Å². The molecule has 1 N–H and O–H groups in total. The summed E-state index contributed by atoms with van der Waals surface area (Å²) in [5.41, 5.74) is 1.36. The van der Waals surface area contributed by atoms with Gasteiger partial charge in [0.05, 0.1) is 14.2 Å². The summed E-state index contributed by atoms with van der Waals surface area (Å²) in [5, 5.41) is 7.42. The predicted molar refractivity (Wildman–Crippen MR) is 109 cm³/mol. The number of ether oxygens (including phenoxy) is 2. The molecule has 0 atom stereocenters. The summed E-state index contributed by atoms with van der Waals surface area (Å²) >= 11 is 5.87. The molecule has 0 fully saturated rings. The summed E-state index contributed by atoms with van der Waals surface area (Å²) in [7, 11) is 3.13. The third-order valence-corrected chi connectivity index (χ3v) is 4.45. The maximum atomic E-state index is 12.5. The van der Waals surface area contributed by atoms with E-state index in [0.29, 0.717) is 46.0 Å². The van der Waals surface area contributed by atoms with Crippen molar-refractivity contribution in [1.82, 2.24) is 15.0 Å². The van der Waals surface area contributed by atoms with E-state index in [1.165, 1.54) is 0 Å². The van der Waals surface area contributed by atoms with Gasteiger partial charge in [-0.05, 0) is 49.4 Å². The molecule has 0 bridgehead atoms. The van der Waals surface area contributed by atoms with Crippen molar-refractivity contribution in [1.29, 1.82) is 0 Å². The van der Waals surface area contributed by atoms with Gasteiger partial charge in [-0.25, -0.2) is 4.79 Å². The first-order valence-corrected chi connectivity index (χ1v) is 9.28. The van der Waals surface area contributed by atoms with Gasteiger partial charge in [0.2, 0.25) is 11.7 Å². The number of hydrogen-bond donors (Lipinski definition) is 1. The van der Waals surface area contributed by atoms with Crippen LogP contribution in [0.2, 0.25) is 5.02 Å². The number of nitrogens with one attached hydrogen (secondary N) is 1. The zero-order valence-electron chi connectivity index (χ0n) is 16.3. The molecule has 8 nitrogen and oxygen atoms in total. The fourth-order valence-electron chi connectivity index (χ4n) is 2.64. The monoisotopic (exact) mass is 416 g/mol. The lowest BCUT2D eigenvalue weighted by Gasteiger charge is -2.19. The first kappa shape index (κ1) is 20.5. The molecule has 0 spiro atoms. The van der Waals surface area contributed by atoms with Crippen LogP contribution >= 0.6 is 11.6 Å². The van der Waals surface area contributed by atoms with Gasteiger partial charge in [0, 0.05) is 22.8 Å². The van der Waals surface area contributed by atoms with Crippen LogP contribution in [-0.2, 0) is 6.54 Å².